The van der Waals surface area contributed by atoms with Gasteiger partial charge in [-0.2, -0.15) is 5.26 Å². The molecule has 0 unspecified atom stereocenters. The summed E-state index contributed by atoms with van der Waals surface area (Å²) in [6.45, 7) is 31.2. The number of hydrogen-bond donors (Lipinski definition) is 1. The molecular weight excluding hydrogens is 738 g/mol. The average molecular weight is 800 g/mol. The first-order valence-corrected chi connectivity index (χ1v) is 25.8. The normalized spacial score (nSPS) is 20.6. The van der Waals surface area contributed by atoms with Crippen molar-refractivity contribution in [2.75, 3.05) is 18.5 Å². The van der Waals surface area contributed by atoms with Crippen LogP contribution in [0.4, 0.5) is 5.82 Å². The summed E-state index contributed by atoms with van der Waals surface area (Å²) in [5.74, 6) is -0.0281. The Bertz CT molecular complexity index is 1730. The predicted octanol–water partition coefficient (Wildman–Crippen LogP) is 9.05. The maximum atomic E-state index is 13.2. The van der Waals surface area contributed by atoms with Crippen LogP contribution in [-0.4, -0.2) is 90.3 Å². The number of hydrogen-bond acceptors (Lipinski definition) is 11. The number of carbonyl (C=O) groups is 1. The fourth-order valence-electron chi connectivity index (χ4n) is 5.64. The van der Waals surface area contributed by atoms with Gasteiger partial charge in [0.15, 0.2) is 39.8 Å². The third-order valence-corrected chi connectivity index (χ3v) is 21.8. The second kappa shape index (κ2) is 17.7. The minimum atomic E-state index is -2.44. The molecule has 1 aliphatic heterocycles. The van der Waals surface area contributed by atoms with E-state index in [2.05, 4.69) is 121 Å². The van der Waals surface area contributed by atoms with Crippen LogP contribution in [0.3, 0.4) is 0 Å². The van der Waals surface area contributed by atoms with Crippen molar-refractivity contribution in [3.63, 3.8) is 0 Å². The second-order valence-corrected chi connectivity index (χ2v) is 28.4. The maximum Gasteiger partial charge on any atom is 0.259 e. The van der Waals surface area contributed by atoms with Crippen molar-refractivity contribution in [1.82, 2.24) is 24.2 Å². The molecule has 16 heteroatoms. The Balaban J connectivity index is 1.87. The van der Waals surface area contributed by atoms with E-state index in [1.54, 1.807) is 18.5 Å². The first-order valence-electron chi connectivity index (χ1n) is 18.9. The summed E-state index contributed by atoms with van der Waals surface area (Å²) in [6.07, 6.45) is 0.756. The Hall–Kier alpha value is -2.65. The van der Waals surface area contributed by atoms with Gasteiger partial charge in [-0.25, -0.2) is 19.6 Å². The van der Waals surface area contributed by atoms with E-state index in [0.717, 1.165) is 0 Å². The topological polar surface area (TPSA) is 146 Å². The molecule has 0 saturated carbocycles. The van der Waals surface area contributed by atoms with Crippen molar-refractivity contribution in [2.24, 2.45) is 0 Å². The van der Waals surface area contributed by atoms with Gasteiger partial charge in [0, 0.05) is 17.6 Å². The van der Waals surface area contributed by atoms with E-state index in [1.807, 2.05) is 22.8 Å². The number of nitriles is 1. The molecule has 3 heterocycles. The van der Waals surface area contributed by atoms with Crippen LogP contribution in [0.25, 0.3) is 11.2 Å². The van der Waals surface area contributed by atoms with Crippen LogP contribution in [0.5, 0.6) is 0 Å². The van der Waals surface area contributed by atoms with Gasteiger partial charge in [-0.1, -0.05) is 59.7 Å². The summed E-state index contributed by atoms with van der Waals surface area (Å²) in [5, 5.41) is 12.2. The monoisotopic (exact) mass is 799 g/mol. The van der Waals surface area contributed by atoms with Gasteiger partial charge in [0.25, 0.3) is 14.4 Å². The van der Waals surface area contributed by atoms with Gasteiger partial charge in [0.1, 0.15) is 24.6 Å². The Morgan fingerprint density at radius 2 is 1.61 bits per heavy atom. The van der Waals surface area contributed by atoms with E-state index in [-0.39, 0.29) is 46.9 Å². The van der Waals surface area contributed by atoms with E-state index in [4.69, 9.17) is 27.6 Å². The van der Waals surface area contributed by atoms with Crippen LogP contribution >= 0.6 is 8.53 Å². The number of benzene rings is 1. The molecular formula is C38H62N7O6PSi2. The lowest BCUT2D eigenvalue weighted by Crippen LogP contribution is -2.51. The molecule has 1 amide bonds. The summed E-state index contributed by atoms with van der Waals surface area (Å²) < 4.78 is 38.9. The van der Waals surface area contributed by atoms with Crippen molar-refractivity contribution >= 4 is 48.0 Å². The first-order chi connectivity index (χ1) is 25.1. The number of rotatable bonds is 16. The molecule has 1 aromatic carbocycles. The number of ether oxygens (including phenoxy) is 1. The summed E-state index contributed by atoms with van der Waals surface area (Å²) in [5.41, 5.74) is 1.37. The second-order valence-electron chi connectivity index (χ2n) is 17.5. The molecule has 0 spiro atoms. The number of amides is 1. The molecule has 0 radical (unpaired) electrons. The minimum Gasteiger partial charge on any atom is -0.414 e. The molecule has 0 aliphatic carbocycles. The highest BCUT2D eigenvalue weighted by Crippen LogP contribution is 2.52. The van der Waals surface area contributed by atoms with Gasteiger partial charge in [-0.3, -0.25) is 9.36 Å². The van der Waals surface area contributed by atoms with Crippen LogP contribution in [0.1, 0.15) is 92.2 Å². The molecule has 298 valence electrons. The molecule has 1 N–H and O–H groups in total. The van der Waals surface area contributed by atoms with E-state index in [9.17, 15) is 10.1 Å². The van der Waals surface area contributed by atoms with Gasteiger partial charge in [-0.15, -0.1) is 0 Å². The van der Waals surface area contributed by atoms with Crippen molar-refractivity contribution in [1.29, 1.82) is 5.26 Å². The first kappa shape index (κ1) is 44.1. The number of aromatic nitrogens is 4. The highest BCUT2D eigenvalue weighted by atomic mass is 31.2. The fourth-order valence-corrected chi connectivity index (χ4v) is 9.71. The molecule has 54 heavy (non-hydrogen) atoms. The fraction of sp³-hybridized carbons (Fsp3) is 0.658. The largest absolute Gasteiger partial charge is 0.414 e. The van der Waals surface area contributed by atoms with Gasteiger partial charge in [-0.05, 0) is 76.1 Å². The van der Waals surface area contributed by atoms with E-state index in [0.29, 0.717) is 23.3 Å². The van der Waals surface area contributed by atoms with Crippen LogP contribution in [0, 0.1) is 11.3 Å². The predicted molar refractivity (Wildman–Crippen MR) is 219 cm³/mol. The van der Waals surface area contributed by atoms with Crippen LogP contribution in [-0.2, 0) is 22.6 Å². The smallest absolute Gasteiger partial charge is 0.259 e. The average Bonchev–Trinajstić information content (AvgIpc) is 3.64. The van der Waals surface area contributed by atoms with Gasteiger partial charge in [0.05, 0.1) is 32.0 Å². The third kappa shape index (κ3) is 10.2. The number of fused-ring (bicyclic) bond motifs is 1. The molecule has 5 atom stereocenters. The molecule has 13 nitrogen and oxygen atoms in total. The zero-order valence-electron chi connectivity index (χ0n) is 34.7. The Morgan fingerprint density at radius 3 is 2.19 bits per heavy atom. The number of imidazole rings is 1. The lowest BCUT2D eigenvalue weighted by atomic mass is 10.1. The molecule has 4 rings (SSSR count). The van der Waals surface area contributed by atoms with Gasteiger partial charge >= 0.3 is 0 Å². The van der Waals surface area contributed by atoms with E-state index in [1.165, 1.54) is 6.33 Å². The van der Waals surface area contributed by atoms with E-state index < -0.39 is 49.7 Å². The van der Waals surface area contributed by atoms with Crippen LogP contribution in [0.15, 0.2) is 43.0 Å². The molecule has 1 aliphatic rings. The number of nitrogens with one attached hydrogen (secondary N) is 1. The zero-order valence-corrected chi connectivity index (χ0v) is 37.6. The summed E-state index contributed by atoms with van der Waals surface area (Å²) in [4.78, 5) is 26.9. The molecule has 0 bridgehead atoms. The van der Waals surface area contributed by atoms with Crippen LogP contribution < -0.4 is 5.32 Å². The Kier molecular flexibility index (Phi) is 14.4. The molecule has 1 saturated heterocycles. The quantitative estimate of drug-likeness (QED) is 0.0841. The molecule has 3 aromatic rings. The Labute approximate surface area is 325 Å². The lowest BCUT2D eigenvalue weighted by molar-refractivity contribution is -0.0470. The summed E-state index contributed by atoms with van der Waals surface area (Å²) >= 11 is 0. The van der Waals surface area contributed by atoms with Crippen molar-refractivity contribution in [3.8, 4) is 6.07 Å². The SMILES string of the molecule is CC(C)N(C(C)C)[P@](OCCC#N)O[C@@H]1[C@H](O[Si](C)(C)C(C)(C)C)[C@@H](CO[Si](C)(C)C(C)(C)C)O[C@H]1n1cnc2c(NC(=O)c3ccccc3)ncnc21. The lowest BCUT2D eigenvalue weighted by Gasteiger charge is -2.43. The van der Waals surface area contributed by atoms with E-state index >= 15 is 0 Å². The van der Waals surface area contributed by atoms with Gasteiger partial charge < -0.3 is 28.0 Å². The molecule has 2 aromatic heterocycles. The number of carbonyl (C=O) groups excluding carboxylic acids is 1. The van der Waals surface area contributed by atoms with Crippen molar-refractivity contribution in [2.45, 2.75) is 149 Å². The minimum absolute atomic E-state index is 0.0212. The van der Waals surface area contributed by atoms with Crippen molar-refractivity contribution < 1.29 is 27.4 Å². The standard InChI is InChI=1S/C38H62N7O6PSi2/c1-26(2)45(27(3)4)52(47-22-18-21-39)50-32-31(51-54(13,14)38(8,9)10)29(23-48-53(11,12)37(5,6)7)49-36(32)44-25-42-30-33(40-24-41-34(30)44)43-35(46)28-19-16-15-17-20-28/h15-17,19-20,24-27,29,31-32,36H,18,22-23H2,1-14H3,(H,40,41,43,46)/t29-,31-,32-,36-,52-/m1/s1. The highest BCUT2D eigenvalue weighted by molar-refractivity contribution is 7.44. The molecule has 1 fully saturated rings. The zero-order chi connectivity index (χ0) is 40.2. The highest BCUT2D eigenvalue weighted by Gasteiger charge is 2.54. The summed E-state index contributed by atoms with van der Waals surface area (Å²) in [7, 11) is -6.35. The number of nitrogens with zero attached hydrogens (tertiary/aromatic N) is 6. The van der Waals surface area contributed by atoms with Crippen LogP contribution in [0.2, 0.25) is 36.3 Å². The summed E-state index contributed by atoms with van der Waals surface area (Å²) in [6, 6.07) is 11.3. The van der Waals surface area contributed by atoms with Gasteiger partial charge in [0.2, 0.25) is 0 Å². The third-order valence-electron chi connectivity index (χ3n) is 10.7. The number of anilines is 1. The van der Waals surface area contributed by atoms with Crippen molar-refractivity contribution in [3.05, 3.63) is 48.5 Å². The Morgan fingerprint density at radius 1 is 0.981 bits per heavy atom. The maximum absolute atomic E-state index is 13.2.